The van der Waals surface area contributed by atoms with Gasteiger partial charge in [-0.3, -0.25) is 0 Å². The van der Waals surface area contributed by atoms with Gasteiger partial charge in [0.25, 0.3) is 0 Å². The van der Waals surface area contributed by atoms with Crippen molar-refractivity contribution in [2.24, 2.45) is 5.92 Å². The maximum Gasteiger partial charge on any atom is 0.407 e. The van der Waals surface area contributed by atoms with Crippen LogP contribution in [0.3, 0.4) is 0 Å². The van der Waals surface area contributed by atoms with E-state index >= 15 is 0 Å². The first-order valence-corrected chi connectivity index (χ1v) is 14.5. The Balaban J connectivity index is 1.63. The Hall–Kier alpha value is -2.32. The van der Waals surface area contributed by atoms with Gasteiger partial charge in [-0.2, -0.15) is 0 Å². The highest BCUT2D eigenvalue weighted by Gasteiger charge is 2.31. The van der Waals surface area contributed by atoms with E-state index in [1.54, 1.807) is 0 Å². The monoisotopic (exact) mass is 428 g/mol. The number of likely N-dealkylation sites (tertiary alicyclic amines) is 1. The molecule has 7 nitrogen and oxygen atoms in total. The largest absolute Gasteiger partial charge is 0.465 e. The molecule has 0 saturated carbocycles. The van der Waals surface area contributed by atoms with Gasteiger partial charge < -0.3 is 23.9 Å². The van der Waals surface area contributed by atoms with Crippen molar-refractivity contribution in [2.45, 2.75) is 51.8 Å². The van der Waals surface area contributed by atoms with Gasteiger partial charge in [-0.05, 0) is 30.5 Å². The molecule has 0 spiro atoms. The summed E-state index contributed by atoms with van der Waals surface area (Å²) in [6.45, 7) is 11.7. The van der Waals surface area contributed by atoms with Gasteiger partial charge in [-0.25, -0.2) is 9.78 Å². The predicted molar refractivity (Wildman–Crippen MR) is 122 cm³/mol. The zero-order chi connectivity index (χ0) is 21.5. The van der Waals surface area contributed by atoms with Crippen LogP contribution in [-0.4, -0.2) is 58.0 Å². The molecule has 1 aliphatic heterocycles. The summed E-state index contributed by atoms with van der Waals surface area (Å²) in [5.41, 5.74) is 2.04. The second-order valence-electron chi connectivity index (χ2n) is 9.72. The Morgan fingerprint density at radius 3 is 2.83 bits per heavy atom. The summed E-state index contributed by atoms with van der Waals surface area (Å²) < 4.78 is 10.3. The molecule has 0 aromatic carbocycles. The third-order valence-electron chi connectivity index (χ3n) is 6.23. The average molecular weight is 429 g/mol. The minimum atomic E-state index is -1.11. The van der Waals surface area contributed by atoms with Crippen LogP contribution >= 0.6 is 0 Å². The summed E-state index contributed by atoms with van der Waals surface area (Å²) >= 11 is 0. The second kappa shape index (κ2) is 8.07. The van der Waals surface area contributed by atoms with Crippen LogP contribution in [0.2, 0.25) is 25.7 Å². The topological polar surface area (TPSA) is 72.5 Å². The highest BCUT2D eigenvalue weighted by Crippen LogP contribution is 2.34. The highest BCUT2D eigenvalue weighted by atomic mass is 28.3. The quantitative estimate of drug-likeness (QED) is 0.449. The van der Waals surface area contributed by atoms with Crippen LogP contribution in [0.5, 0.6) is 0 Å². The normalized spacial score (nSPS) is 20.3. The fourth-order valence-electron chi connectivity index (χ4n) is 4.29. The second-order valence-corrected chi connectivity index (χ2v) is 15.3. The molecule has 1 fully saturated rings. The Morgan fingerprint density at radius 1 is 1.30 bits per heavy atom. The van der Waals surface area contributed by atoms with Crippen LogP contribution in [0.25, 0.3) is 21.9 Å². The lowest BCUT2D eigenvalue weighted by Crippen LogP contribution is -2.43. The first kappa shape index (κ1) is 20.9. The lowest BCUT2D eigenvalue weighted by atomic mass is 9.93. The molecule has 8 heteroatoms. The molecule has 2 atom stereocenters. The number of ether oxygens (including phenoxy) is 1. The molecular weight excluding hydrogens is 396 g/mol. The minimum absolute atomic E-state index is 0.120. The average Bonchev–Trinajstić information content (AvgIpc) is 3.28. The summed E-state index contributed by atoms with van der Waals surface area (Å²) in [4.78, 5) is 17.8. The molecule has 30 heavy (non-hydrogen) atoms. The highest BCUT2D eigenvalue weighted by molar-refractivity contribution is 6.76. The number of hydrogen-bond donors (Lipinski definition) is 1. The smallest absolute Gasteiger partial charge is 0.407 e. The molecule has 3 aromatic heterocycles. The Morgan fingerprint density at radius 2 is 2.10 bits per heavy atom. The third kappa shape index (κ3) is 4.11. The van der Waals surface area contributed by atoms with E-state index in [4.69, 9.17) is 9.72 Å². The number of aromatic nitrogens is 3. The van der Waals surface area contributed by atoms with Crippen LogP contribution < -0.4 is 0 Å². The lowest BCUT2D eigenvalue weighted by molar-refractivity contribution is 0.0899. The predicted octanol–water partition coefficient (Wildman–Crippen LogP) is 4.86. The van der Waals surface area contributed by atoms with Crippen LogP contribution in [0.15, 0.2) is 30.7 Å². The number of fused-ring (bicyclic) bond motifs is 3. The first-order valence-electron chi connectivity index (χ1n) is 10.7. The van der Waals surface area contributed by atoms with Crippen LogP contribution in [-0.2, 0) is 11.5 Å². The lowest BCUT2D eigenvalue weighted by Gasteiger charge is -2.36. The van der Waals surface area contributed by atoms with Gasteiger partial charge >= 0.3 is 6.09 Å². The van der Waals surface area contributed by atoms with E-state index in [0.29, 0.717) is 25.7 Å². The molecule has 0 aliphatic carbocycles. The van der Waals surface area contributed by atoms with E-state index < -0.39 is 14.2 Å². The van der Waals surface area contributed by atoms with Crippen molar-refractivity contribution < 1.29 is 14.6 Å². The van der Waals surface area contributed by atoms with E-state index in [9.17, 15) is 9.90 Å². The van der Waals surface area contributed by atoms with Gasteiger partial charge in [0.15, 0.2) is 0 Å². The molecule has 3 aromatic rings. The van der Waals surface area contributed by atoms with Crippen LogP contribution in [0.4, 0.5) is 4.79 Å². The van der Waals surface area contributed by atoms with Gasteiger partial charge in [-0.1, -0.05) is 26.6 Å². The molecular formula is C22H32N4O3Si. The molecule has 0 bridgehead atoms. The van der Waals surface area contributed by atoms with Crippen LogP contribution in [0, 0.1) is 5.92 Å². The van der Waals surface area contributed by atoms with E-state index in [1.165, 1.54) is 4.90 Å². The van der Waals surface area contributed by atoms with Crippen molar-refractivity contribution in [3.63, 3.8) is 0 Å². The summed E-state index contributed by atoms with van der Waals surface area (Å²) in [5.74, 6) is 0.409. The third-order valence-corrected chi connectivity index (χ3v) is 7.94. The SMILES string of the molecule is CC1CCN(C(=O)O)CC1n1ccc2cnc3c(ccn3COCC[Si](C)(C)C)c21. The number of rotatable bonds is 6. The van der Waals surface area contributed by atoms with Crippen molar-refractivity contribution >= 4 is 36.1 Å². The van der Waals surface area contributed by atoms with E-state index in [0.717, 1.165) is 41.0 Å². The summed E-state index contributed by atoms with van der Waals surface area (Å²) in [6.07, 6.45) is 6.07. The number of carbonyl (C=O) groups is 1. The van der Waals surface area contributed by atoms with Crippen molar-refractivity contribution in [1.29, 1.82) is 0 Å². The van der Waals surface area contributed by atoms with E-state index in [-0.39, 0.29) is 6.04 Å². The standard InChI is InChI=1S/C22H32N4O3Si/c1-16-5-8-24(22(27)28)14-19(16)26-10-6-17-13-23-21-18(20(17)26)7-9-25(21)15-29-11-12-30(2,3)4/h6-7,9-10,13,16,19H,5,8,11-12,14-15H2,1-4H3,(H,27,28). The van der Waals surface area contributed by atoms with Crippen molar-refractivity contribution in [3.8, 4) is 0 Å². The zero-order valence-corrected chi connectivity index (χ0v) is 19.3. The Bertz CT molecular complexity index is 1050. The van der Waals surface area contributed by atoms with Gasteiger partial charge in [-0.15, -0.1) is 0 Å². The molecule has 1 aliphatic rings. The summed E-state index contributed by atoms with van der Waals surface area (Å²) in [5, 5.41) is 11.6. The van der Waals surface area contributed by atoms with Gasteiger partial charge in [0.2, 0.25) is 0 Å². The molecule has 162 valence electrons. The summed E-state index contributed by atoms with van der Waals surface area (Å²) in [7, 11) is -1.11. The molecule has 4 rings (SSSR count). The van der Waals surface area contributed by atoms with Crippen molar-refractivity contribution in [2.75, 3.05) is 19.7 Å². The minimum Gasteiger partial charge on any atom is -0.465 e. The fourth-order valence-corrected chi connectivity index (χ4v) is 5.05. The van der Waals surface area contributed by atoms with Gasteiger partial charge in [0, 0.05) is 57.1 Å². The number of carboxylic acid groups (broad SMARTS) is 1. The zero-order valence-electron chi connectivity index (χ0n) is 18.3. The van der Waals surface area contributed by atoms with Gasteiger partial charge in [0.1, 0.15) is 12.4 Å². The van der Waals surface area contributed by atoms with E-state index in [1.807, 2.05) is 12.4 Å². The molecule has 2 unspecified atom stereocenters. The van der Waals surface area contributed by atoms with Gasteiger partial charge in [0.05, 0.1) is 11.6 Å². The maximum absolute atomic E-state index is 11.5. The molecule has 0 radical (unpaired) electrons. The van der Waals surface area contributed by atoms with Crippen molar-refractivity contribution in [1.82, 2.24) is 19.0 Å². The number of nitrogens with zero attached hydrogens (tertiary/aromatic N) is 4. The Labute approximate surface area is 178 Å². The van der Waals surface area contributed by atoms with E-state index in [2.05, 4.69) is 54.0 Å². The summed E-state index contributed by atoms with van der Waals surface area (Å²) in [6, 6.07) is 5.45. The fraction of sp³-hybridized carbons (Fsp3) is 0.545. The Kier molecular flexibility index (Phi) is 5.63. The number of piperidine rings is 1. The van der Waals surface area contributed by atoms with Crippen molar-refractivity contribution in [3.05, 3.63) is 30.7 Å². The molecule has 4 heterocycles. The number of hydrogen-bond acceptors (Lipinski definition) is 3. The number of amides is 1. The number of pyridine rings is 1. The maximum atomic E-state index is 11.5. The molecule has 1 amide bonds. The first-order chi connectivity index (χ1) is 14.2. The van der Waals surface area contributed by atoms with Crippen LogP contribution in [0.1, 0.15) is 19.4 Å². The molecule has 1 N–H and O–H groups in total. The molecule has 1 saturated heterocycles.